The summed E-state index contributed by atoms with van der Waals surface area (Å²) in [6, 6.07) is 8.17. The molecule has 1 amide bonds. The molecule has 0 aliphatic carbocycles. The van der Waals surface area contributed by atoms with Crippen LogP contribution in [-0.4, -0.2) is 55.9 Å². The fourth-order valence-corrected chi connectivity index (χ4v) is 3.55. The highest BCUT2D eigenvalue weighted by Gasteiger charge is 2.24. The SMILES string of the molecule is Cc1ccccc1CNC(=O)CN1CCC(OC2CCOCC2)CC1. The van der Waals surface area contributed by atoms with Crippen LogP contribution in [0, 0.1) is 6.92 Å². The van der Waals surface area contributed by atoms with Crippen LogP contribution in [0.1, 0.15) is 36.8 Å². The summed E-state index contributed by atoms with van der Waals surface area (Å²) in [7, 11) is 0. The predicted octanol–water partition coefficient (Wildman–Crippen LogP) is 2.27. The van der Waals surface area contributed by atoms with E-state index in [1.165, 1.54) is 11.1 Å². The topological polar surface area (TPSA) is 50.8 Å². The first-order valence-electron chi connectivity index (χ1n) is 9.47. The maximum atomic E-state index is 12.2. The molecule has 2 heterocycles. The average molecular weight is 346 g/mol. The van der Waals surface area contributed by atoms with E-state index in [4.69, 9.17) is 9.47 Å². The van der Waals surface area contributed by atoms with Crippen molar-refractivity contribution >= 4 is 5.91 Å². The number of hydrogen-bond donors (Lipinski definition) is 1. The summed E-state index contributed by atoms with van der Waals surface area (Å²) >= 11 is 0. The number of amides is 1. The van der Waals surface area contributed by atoms with Crippen LogP contribution >= 0.6 is 0 Å². The third kappa shape index (κ3) is 5.80. The maximum absolute atomic E-state index is 12.2. The van der Waals surface area contributed by atoms with Crippen molar-refractivity contribution in [2.75, 3.05) is 32.8 Å². The number of piperidine rings is 1. The van der Waals surface area contributed by atoms with E-state index in [1.54, 1.807) is 0 Å². The number of nitrogens with zero attached hydrogens (tertiary/aromatic N) is 1. The molecule has 5 nitrogen and oxygen atoms in total. The van der Waals surface area contributed by atoms with Crippen LogP contribution < -0.4 is 5.32 Å². The van der Waals surface area contributed by atoms with Crippen LogP contribution in [0.2, 0.25) is 0 Å². The van der Waals surface area contributed by atoms with Crippen LogP contribution in [0.3, 0.4) is 0 Å². The first kappa shape index (κ1) is 18.4. The number of carbonyl (C=O) groups excluding carboxylic acids is 1. The van der Waals surface area contributed by atoms with Gasteiger partial charge < -0.3 is 14.8 Å². The lowest BCUT2D eigenvalue weighted by atomic mass is 10.1. The molecule has 138 valence electrons. The van der Waals surface area contributed by atoms with Crippen LogP contribution in [-0.2, 0) is 20.8 Å². The molecule has 1 aromatic rings. The van der Waals surface area contributed by atoms with Crippen LogP contribution in [0.25, 0.3) is 0 Å². The minimum atomic E-state index is 0.104. The van der Waals surface area contributed by atoms with Gasteiger partial charge in [0, 0.05) is 32.8 Å². The van der Waals surface area contributed by atoms with E-state index in [1.807, 2.05) is 12.1 Å². The first-order chi connectivity index (χ1) is 12.2. The van der Waals surface area contributed by atoms with Gasteiger partial charge >= 0.3 is 0 Å². The van der Waals surface area contributed by atoms with E-state index in [-0.39, 0.29) is 5.91 Å². The van der Waals surface area contributed by atoms with E-state index in [2.05, 4.69) is 29.3 Å². The van der Waals surface area contributed by atoms with Gasteiger partial charge in [-0.2, -0.15) is 0 Å². The van der Waals surface area contributed by atoms with Crippen molar-refractivity contribution in [3.05, 3.63) is 35.4 Å². The zero-order valence-corrected chi connectivity index (χ0v) is 15.2. The lowest BCUT2D eigenvalue weighted by molar-refractivity contribution is -0.124. The van der Waals surface area contributed by atoms with Gasteiger partial charge in [-0.1, -0.05) is 24.3 Å². The Hall–Kier alpha value is -1.43. The molecule has 2 aliphatic heterocycles. The van der Waals surface area contributed by atoms with Crippen molar-refractivity contribution in [2.24, 2.45) is 0 Å². The minimum absolute atomic E-state index is 0.104. The maximum Gasteiger partial charge on any atom is 0.234 e. The molecule has 25 heavy (non-hydrogen) atoms. The van der Waals surface area contributed by atoms with Crippen LogP contribution in [0.5, 0.6) is 0 Å². The number of ether oxygens (including phenoxy) is 2. The number of benzene rings is 1. The van der Waals surface area contributed by atoms with E-state index in [0.29, 0.717) is 25.3 Å². The molecule has 1 N–H and O–H groups in total. The Balaban J connectivity index is 1.34. The summed E-state index contributed by atoms with van der Waals surface area (Å²) in [5.41, 5.74) is 2.40. The fraction of sp³-hybridized carbons (Fsp3) is 0.650. The summed E-state index contributed by atoms with van der Waals surface area (Å²) in [4.78, 5) is 14.4. The van der Waals surface area contributed by atoms with Crippen molar-refractivity contribution in [3.8, 4) is 0 Å². The molecule has 0 unspecified atom stereocenters. The Morgan fingerprint density at radius 1 is 1.16 bits per heavy atom. The average Bonchev–Trinajstić information content (AvgIpc) is 2.64. The molecule has 0 bridgehead atoms. The quantitative estimate of drug-likeness (QED) is 0.858. The number of likely N-dealkylation sites (tertiary alicyclic amines) is 1. The molecule has 1 aromatic carbocycles. The van der Waals surface area contributed by atoms with Crippen molar-refractivity contribution in [1.82, 2.24) is 10.2 Å². The van der Waals surface area contributed by atoms with Crippen LogP contribution in [0.4, 0.5) is 0 Å². The Morgan fingerprint density at radius 3 is 2.56 bits per heavy atom. The molecule has 0 spiro atoms. The predicted molar refractivity (Wildman–Crippen MR) is 97.4 cm³/mol. The van der Waals surface area contributed by atoms with E-state index >= 15 is 0 Å². The Kier molecular flexibility index (Phi) is 6.84. The first-order valence-corrected chi connectivity index (χ1v) is 9.47. The normalized spacial score (nSPS) is 20.5. The van der Waals surface area contributed by atoms with Gasteiger partial charge in [-0.15, -0.1) is 0 Å². The highest BCUT2D eigenvalue weighted by molar-refractivity contribution is 5.78. The number of aryl methyl sites for hydroxylation is 1. The van der Waals surface area contributed by atoms with E-state index in [9.17, 15) is 4.79 Å². The molecule has 2 fully saturated rings. The lowest BCUT2D eigenvalue weighted by Crippen LogP contribution is -2.44. The molecule has 0 saturated carbocycles. The number of hydrogen-bond acceptors (Lipinski definition) is 4. The van der Waals surface area contributed by atoms with Gasteiger partial charge in [0.05, 0.1) is 18.8 Å². The summed E-state index contributed by atoms with van der Waals surface area (Å²) in [5, 5.41) is 3.04. The zero-order valence-electron chi connectivity index (χ0n) is 15.2. The van der Waals surface area contributed by atoms with Crippen molar-refractivity contribution in [2.45, 2.75) is 51.4 Å². The summed E-state index contributed by atoms with van der Waals surface area (Å²) in [6.45, 7) is 6.68. The number of rotatable bonds is 6. The number of carbonyl (C=O) groups is 1. The van der Waals surface area contributed by atoms with Gasteiger partial charge in [-0.3, -0.25) is 9.69 Å². The van der Waals surface area contributed by atoms with Crippen molar-refractivity contribution < 1.29 is 14.3 Å². The monoisotopic (exact) mass is 346 g/mol. The Labute approximate surface area is 150 Å². The highest BCUT2D eigenvalue weighted by atomic mass is 16.5. The smallest absolute Gasteiger partial charge is 0.234 e. The molecular formula is C20H30N2O3. The molecule has 3 rings (SSSR count). The third-order valence-electron chi connectivity index (χ3n) is 5.19. The summed E-state index contributed by atoms with van der Waals surface area (Å²) < 4.78 is 11.6. The number of nitrogens with one attached hydrogen (secondary N) is 1. The van der Waals surface area contributed by atoms with Gasteiger partial charge in [0.2, 0.25) is 5.91 Å². The molecule has 0 aromatic heterocycles. The highest BCUT2D eigenvalue weighted by Crippen LogP contribution is 2.19. The Bertz CT molecular complexity index is 550. The zero-order chi connectivity index (χ0) is 17.5. The van der Waals surface area contributed by atoms with Gasteiger partial charge in [0.1, 0.15) is 0 Å². The Morgan fingerprint density at radius 2 is 1.84 bits per heavy atom. The van der Waals surface area contributed by atoms with Crippen molar-refractivity contribution in [3.63, 3.8) is 0 Å². The molecule has 2 aliphatic rings. The minimum Gasteiger partial charge on any atom is -0.381 e. The molecule has 2 saturated heterocycles. The molecular weight excluding hydrogens is 316 g/mol. The van der Waals surface area contributed by atoms with Gasteiger partial charge in [0.15, 0.2) is 0 Å². The summed E-state index contributed by atoms with van der Waals surface area (Å²) in [5.74, 6) is 0.104. The van der Waals surface area contributed by atoms with Gasteiger partial charge in [0.25, 0.3) is 0 Å². The fourth-order valence-electron chi connectivity index (χ4n) is 3.55. The van der Waals surface area contributed by atoms with Gasteiger partial charge in [-0.25, -0.2) is 0 Å². The third-order valence-corrected chi connectivity index (χ3v) is 5.19. The van der Waals surface area contributed by atoms with E-state index < -0.39 is 0 Å². The van der Waals surface area contributed by atoms with Gasteiger partial charge in [-0.05, 0) is 43.7 Å². The molecule has 0 atom stereocenters. The van der Waals surface area contributed by atoms with Crippen molar-refractivity contribution in [1.29, 1.82) is 0 Å². The second kappa shape index (κ2) is 9.32. The summed E-state index contributed by atoms with van der Waals surface area (Å²) in [6.07, 6.45) is 4.77. The second-order valence-electron chi connectivity index (χ2n) is 7.13. The second-order valence-corrected chi connectivity index (χ2v) is 7.13. The largest absolute Gasteiger partial charge is 0.381 e. The molecule has 0 radical (unpaired) electrons. The molecule has 5 heteroatoms. The lowest BCUT2D eigenvalue weighted by Gasteiger charge is -2.34. The van der Waals surface area contributed by atoms with Crippen LogP contribution in [0.15, 0.2) is 24.3 Å². The van der Waals surface area contributed by atoms with E-state index in [0.717, 1.165) is 52.0 Å². The standard InChI is InChI=1S/C20H30N2O3/c1-16-4-2-3-5-17(16)14-21-20(23)15-22-10-6-18(7-11-22)25-19-8-12-24-13-9-19/h2-5,18-19H,6-15H2,1H3,(H,21,23).